The smallest absolute Gasteiger partial charge is 0.313 e. The number of aliphatic hydroxyl groups is 1. The first-order valence-electron chi connectivity index (χ1n) is 15.9. The van der Waals surface area contributed by atoms with Gasteiger partial charge in [0.1, 0.15) is 24.2 Å². The molecule has 3 aliphatic rings. The Morgan fingerprint density at radius 1 is 1.07 bits per heavy atom. The molecule has 3 saturated heterocycles. The Morgan fingerprint density at radius 3 is 2.33 bits per heavy atom. The van der Waals surface area contributed by atoms with E-state index in [0.29, 0.717) is 24.9 Å². The van der Waals surface area contributed by atoms with Gasteiger partial charge in [-0.05, 0) is 69.9 Å². The largest absolute Gasteiger partial charge is 0.461 e. The van der Waals surface area contributed by atoms with Gasteiger partial charge in [-0.2, -0.15) is 0 Å². The lowest BCUT2D eigenvalue weighted by atomic mass is 9.66. The Bertz CT molecular complexity index is 1410. The van der Waals surface area contributed by atoms with E-state index in [2.05, 4.69) is 31.9 Å². The minimum Gasteiger partial charge on any atom is -0.461 e. The third-order valence-corrected chi connectivity index (χ3v) is 9.83. The fraction of sp³-hybridized carbons (Fsp3) is 0.472. The second kappa shape index (κ2) is 13.2. The van der Waals surface area contributed by atoms with Gasteiger partial charge in [-0.1, -0.05) is 49.1 Å². The normalized spacial score (nSPS) is 27.2. The number of rotatable bonds is 14. The number of hydrogen-bond acceptors (Lipinski definition) is 7. The Balaban J connectivity index is 1.59. The molecular formula is C36H45N3O6. The molecule has 0 saturated carbocycles. The second-order valence-electron chi connectivity index (χ2n) is 12.3. The highest BCUT2D eigenvalue weighted by Crippen LogP contribution is 2.63. The van der Waals surface area contributed by atoms with Gasteiger partial charge in [0, 0.05) is 31.0 Å². The maximum Gasteiger partial charge on any atom is 0.313 e. The molecule has 2 aromatic rings. The van der Waals surface area contributed by atoms with Crippen LogP contribution >= 0.6 is 0 Å². The SMILES string of the molecule is C=CCOC(=O)[C@@H]1[C@H]2C(=O)N([C@@H](CO)Cc3ccccc3)C(C(=O)N(CC=C)c3ccc(N(CC)CC)cc3)C23CC[C@@]1(C)O3. The maximum absolute atomic E-state index is 15.0. The van der Waals surface area contributed by atoms with Crippen LogP contribution in [0.3, 0.4) is 0 Å². The number of fused-ring (bicyclic) bond motifs is 1. The molecular weight excluding hydrogens is 570 g/mol. The average Bonchev–Trinajstić information content (AvgIpc) is 3.63. The standard InChI is InChI=1S/C36H45N3O6/c1-6-21-38(27-17-15-26(16-18-27)37(8-3)9-4)33(42)31-36-20-19-35(5,45-36)30(34(43)44-22-7-2)29(36)32(41)39(31)28(24-40)23-25-13-11-10-12-14-25/h6-7,10-18,28-31,40H,1-2,8-9,19-24H2,3-5H3/t28-,29+,30+,31?,35-,36?/m1/s1. The molecule has 9 heteroatoms. The molecule has 2 amide bonds. The number of ether oxygens (including phenoxy) is 2. The summed E-state index contributed by atoms with van der Waals surface area (Å²) in [4.78, 5) is 48.4. The molecule has 3 fully saturated rings. The lowest BCUT2D eigenvalue weighted by molar-refractivity contribution is -0.159. The van der Waals surface area contributed by atoms with E-state index in [9.17, 15) is 19.5 Å². The number of carbonyl (C=O) groups excluding carboxylic acids is 3. The van der Waals surface area contributed by atoms with Crippen molar-refractivity contribution in [3.8, 4) is 0 Å². The van der Waals surface area contributed by atoms with Crippen LogP contribution in [0.2, 0.25) is 0 Å². The van der Waals surface area contributed by atoms with Gasteiger partial charge in [0.05, 0.1) is 24.2 Å². The van der Waals surface area contributed by atoms with Gasteiger partial charge in [-0.15, -0.1) is 6.58 Å². The average molecular weight is 616 g/mol. The van der Waals surface area contributed by atoms with Gasteiger partial charge < -0.3 is 29.3 Å². The van der Waals surface area contributed by atoms with E-state index in [4.69, 9.17) is 9.47 Å². The van der Waals surface area contributed by atoms with Crippen LogP contribution in [-0.4, -0.2) is 83.9 Å². The van der Waals surface area contributed by atoms with E-state index < -0.39 is 41.1 Å². The highest BCUT2D eigenvalue weighted by atomic mass is 16.6. The number of amides is 2. The van der Waals surface area contributed by atoms with E-state index in [1.165, 1.54) is 11.0 Å². The van der Waals surface area contributed by atoms with Crippen molar-refractivity contribution in [2.45, 2.75) is 63.3 Å². The summed E-state index contributed by atoms with van der Waals surface area (Å²) < 4.78 is 12.3. The van der Waals surface area contributed by atoms with Crippen molar-refractivity contribution >= 4 is 29.2 Å². The minimum absolute atomic E-state index is 0.00919. The molecule has 3 aliphatic heterocycles. The zero-order chi connectivity index (χ0) is 32.4. The van der Waals surface area contributed by atoms with E-state index in [1.807, 2.05) is 61.5 Å². The number of carbonyl (C=O) groups is 3. The van der Waals surface area contributed by atoms with Gasteiger partial charge in [0.2, 0.25) is 5.91 Å². The van der Waals surface area contributed by atoms with Crippen LogP contribution in [0.1, 0.15) is 39.2 Å². The third-order valence-electron chi connectivity index (χ3n) is 9.83. The fourth-order valence-corrected chi connectivity index (χ4v) is 7.79. The first-order chi connectivity index (χ1) is 21.7. The fourth-order valence-electron chi connectivity index (χ4n) is 7.79. The molecule has 6 atom stereocenters. The van der Waals surface area contributed by atoms with Crippen molar-refractivity contribution in [2.75, 3.05) is 42.6 Å². The van der Waals surface area contributed by atoms with Gasteiger partial charge in [-0.25, -0.2) is 0 Å². The first kappa shape index (κ1) is 32.4. The molecule has 0 radical (unpaired) electrons. The summed E-state index contributed by atoms with van der Waals surface area (Å²) in [6.45, 7) is 15.1. The predicted molar refractivity (Wildman–Crippen MR) is 174 cm³/mol. The zero-order valence-electron chi connectivity index (χ0n) is 26.6. The summed E-state index contributed by atoms with van der Waals surface area (Å²) in [7, 11) is 0. The van der Waals surface area contributed by atoms with Crippen LogP contribution in [-0.2, 0) is 30.3 Å². The Labute approximate surface area is 266 Å². The number of aliphatic hydroxyl groups excluding tert-OH is 1. The molecule has 0 aromatic heterocycles. The summed E-state index contributed by atoms with van der Waals surface area (Å²) in [6, 6.07) is 15.6. The van der Waals surface area contributed by atoms with Gasteiger partial charge in [-0.3, -0.25) is 14.4 Å². The van der Waals surface area contributed by atoms with Crippen molar-refractivity contribution in [1.82, 2.24) is 4.90 Å². The summed E-state index contributed by atoms with van der Waals surface area (Å²) in [5, 5.41) is 10.7. The Hall–Kier alpha value is -3.95. The van der Waals surface area contributed by atoms with Crippen LogP contribution < -0.4 is 9.80 Å². The predicted octanol–water partition coefficient (Wildman–Crippen LogP) is 4.15. The number of esters is 1. The molecule has 1 N–H and O–H groups in total. The molecule has 2 unspecified atom stereocenters. The van der Waals surface area contributed by atoms with E-state index >= 15 is 0 Å². The van der Waals surface area contributed by atoms with Crippen LogP contribution in [0.15, 0.2) is 79.9 Å². The van der Waals surface area contributed by atoms with Crippen LogP contribution in [0.5, 0.6) is 0 Å². The summed E-state index contributed by atoms with van der Waals surface area (Å²) in [5.41, 5.74) is 0.393. The molecule has 2 bridgehead atoms. The van der Waals surface area contributed by atoms with E-state index in [-0.39, 0.29) is 31.6 Å². The maximum atomic E-state index is 15.0. The first-order valence-corrected chi connectivity index (χ1v) is 15.9. The monoisotopic (exact) mass is 615 g/mol. The summed E-state index contributed by atoms with van der Waals surface area (Å²) >= 11 is 0. The minimum atomic E-state index is -1.26. The molecule has 9 nitrogen and oxygen atoms in total. The number of hydrogen-bond donors (Lipinski definition) is 1. The van der Waals surface area contributed by atoms with Crippen molar-refractivity contribution in [3.05, 3.63) is 85.5 Å². The van der Waals surface area contributed by atoms with Crippen LogP contribution in [0.4, 0.5) is 11.4 Å². The molecule has 3 heterocycles. The van der Waals surface area contributed by atoms with Gasteiger partial charge >= 0.3 is 5.97 Å². The van der Waals surface area contributed by atoms with Gasteiger partial charge in [0.25, 0.3) is 5.91 Å². The van der Waals surface area contributed by atoms with Crippen LogP contribution in [0.25, 0.3) is 0 Å². The highest BCUT2D eigenvalue weighted by Gasteiger charge is 2.79. The Morgan fingerprint density at radius 2 is 1.73 bits per heavy atom. The number of anilines is 2. The topological polar surface area (TPSA) is 99.6 Å². The quantitative estimate of drug-likeness (QED) is 0.252. The summed E-state index contributed by atoms with van der Waals surface area (Å²) in [6.07, 6.45) is 4.39. The van der Waals surface area contributed by atoms with Crippen molar-refractivity contribution in [2.24, 2.45) is 11.8 Å². The Kier molecular flexibility index (Phi) is 9.51. The second-order valence-corrected chi connectivity index (χ2v) is 12.3. The van der Waals surface area contributed by atoms with Crippen LogP contribution in [0, 0.1) is 11.8 Å². The number of nitrogens with zero attached hydrogens (tertiary/aromatic N) is 3. The third kappa shape index (κ3) is 5.57. The lowest BCUT2D eigenvalue weighted by Crippen LogP contribution is -2.59. The number of benzene rings is 2. The van der Waals surface area contributed by atoms with E-state index in [1.54, 1.807) is 11.0 Å². The molecule has 1 spiro atoms. The van der Waals surface area contributed by atoms with Gasteiger partial charge in [0.15, 0.2) is 0 Å². The molecule has 45 heavy (non-hydrogen) atoms. The molecule has 240 valence electrons. The van der Waals surface area contributed by atoms with Crippen molar-refractivity contribution in [1.29, 1.82) is 0 Å². The molecule has 2 aromatic carbocycles. The van der Waals surface area contributed by atoms with E-state index in [0.717, 1.165) is 24.3 Å². The highest BCUT2D eigenvalue weighted by molar-refractivity contribution is 6.05. The van der Waals surface area contributed by atoms with Crippen molar-refractivity contribution in [3.63, 3.8) is 0 Å². The lowest BCUT2D eigenvalue weighted by Gasteiger charge is -2.39. The molecule has 0 aliphatic carbocycles. The zero-order valence-corrected chi connectivity index (χ0v) is 26.6. The van der Waals surface area contributed by atoms with Crippen molar-refractivity contribution < 1.29 is 29.0 Å². The number of likely N-dealkylation sites (tertiary alicyclic amines) is 1. The summed E-state index contributed by atoms with van der Waals surface area (Å²) in [5.74, 6) is -3.07. The molecule has 5 rings (SSSR count).